The molecule has 2 N–H and O–H groups in total. The summed E-state index contributed by atoms with van der Waals surface area (Å²) in [5.74, 6) is 1.57. The van der Waals surface area contributed by atoms with Crippen molar-refractivity contribution in [3.63, 3.8) is 0 Å². The van der Waals surface area contributed by atoms with Crippen LogP contribution >= 0.6 is 0 Å². The lowest BCUT2D eigenvalue weighted by Crippen LogP contribution is -2.09. The second kappa shape index (κ2) is 7.63. The minimum absolute atomic E-state index is 0.273. The minimum atomic E-state index is 0.273. The summed E-state index contributed by atoms with van der Waals surface area (Å²) in [6.45, 7) is 7.04. The van der Waals surface area contributed by atoms with Gasteiger partial charge in [0.25, 0.3) is 0 Å². The molecule has 0 aromatic carbocycles. The maximum atomic E-state index is 6.47. The van der Waals surface area contributed by atoms with Crippen LogP contribution in [-0.2, 0) is 20.0 Å². The van der Waals surface area contributed by atoms with Crippen LogP contribution in [0.3, 0.4) is 0 Å². The Hall–Kier alpha value is -3.95. The fraction of sp³-hybridized carbons (Fsp3) is 0.318. The van der Waals surface area contributed by atoms with Crippen molar-refractivity contribution in [1.82, 2.24) is 43.5 Å². The number of imidazole rings is 2. The third-order valence-electron chi connectivity index (χ3n) is 5.73. The molecule has 5 rings (SSSR count). The van der Waals surface area contributed by atoms with E-state index in [1.165, 1.54) is 0 Å². The highest BCUT2D eigenvalue weighted by Gasteiger charge is 2.24. The van der Waals surface area contributed by atoms with E-state index in [9.17, 15) is 0 Å². The molecule has 5 aromatic heterocycles. The van der Waals surface area contributed by atoms with E-state index in [0.29, 0.717) is 17.5 Å². The number of anilines is 1. The lowest BCUT2D eigenvalue weighted by molar-refractivity contribution is 0.534. The van der Waals surface area contributed by atoms with E-state index in [1.807, 2.05) is 51.8 Å². The van der Waals surface area contributed by atoms with Crippen molar-refractivity contribution in [2.45, 2.75) is 39.8 Å². The molecule has 0 spiro atoms. The summed E-state index contributed by atoms with van der Waals surface area (Å²) in [7, 11) is 1.91. The van der Waals surface area contributed by atoms with Crippen LogP contribution in [0.15, 0.2) is 43.4 Å². The molecule has 0 unspecified atom stereocenters. The number of fused-ring (bicyclic) bond motifs is 1. The first-order valence-corrected chi connectivity index (χ1v) is 10.6. The largest absolute Gasteiger partial charge is 0.382 e. The van der Waals surface area contributed by atoms with Crippen LogP contribution in [-0.4, -0.2) is 43.5 Å². The van der Waals surface area contributed by atoms with Gasteiger partial charge in [-0.2, -0.15) is 5.10 Å². The highest BCUT2D eigenvalue weighted by Crippen LogP contribution is 2.34. The van der Waals surface area contributed by atoms with Crippen LogP contribution in [0.5, 0.6) is 0 Å². The quantitative estimate of drug-likeness (QED) is 0.444. The minimum Gasteiger partial charge on any atom is -0.382 e. The first-order chi connectivity index (χ1) is 15.4. The van der Waals surface area contributed by atoms with Crippen molar-refractivity contribution >= 4 is 11.3 Å². The highest BCUT2D eigenvalue weighted by molar-refractivity contribution is 5.83. The average Bonchev–Trinajstić information content (AvgIpc) is 3.53. The SMILES string of the molecule is Cc1c(-c2ccn(C(C)C)n2)c(CCn2ccnc2)n2nc(-c3nccn3C)nc(N)c12. The Morgan fingerprint density at radius 1 is 1.09 bits per heavy atom. The van der Waals surface area contributed by atoms with Crippen LogP contribution in [0.4, 0.5) is 5.82 Å². The molecule has 0 aliphatic rings. The molecular weight excluding hydrogens is 404 g/mol. The Bertz CT molecular complexity index is 1380. The summed E-state index contributed by atoms with van der Waals surface area (Å²) >= 11 is 0. The smallest absolute Gasteiger partial charge is 0.218 e. The van der Waals surface area contributed by atoms with Crippen LogP contribution in [0, 0.1) is 6.92 Å². The molecular formula is C22H26N10. The molecule has 0 fully saturated rings. The van der Waals surface area contributed by atoms with Crippen LogP contribution in [0.1, 0.15) is 31.1 Å². The second-order valence-corrected chi connectivity index (χ2v) is 8.21. The molecule has 0 saturated carbocycles. The highest BCUT2D eigenvalue weighted by atomic mass is 15.3. The van der Waals surface area contributed by atoms with E-state index in [0.717, 1.165) is 41.0 Å². The first-order valence-electron chi connectivity index (χ1n) is 10.6. The average molecular weight is 431 g/mol. The number of nitrogens with zero attached hydrogens (tertiary/aromatic N) is 9. The zero-order chi connectivity index (χ0) is 22.4. The molecule has 0 atom stereocenters. The third-order valence-corrected chi connectivity index (χ3v) is 5.73. The van der Waals surface area contributed by atoms with Gasteiger partial charge in [-0.25, -0.2) is 19.5 Å². The standard InChI is InChI=1S/C22H26N10/c1-14(2)31-10-5-16(27-31)18-15(3)19-20(23)26-21(22-25-8-11-29(22)4)28-32(19)17(18)6-9-30-12-7-24-13-30/h5,7-8,10-14H,6,9H2,1-4H3,(H2,23,26,28). The molecule has 0 aliphatic heterocycles. The van der Waals surface area contributed by atoms with E-state index in [4.69, 9.17) is 15.9 Å². The summed E-state index contributed by atoms with van der Waals surface area (Å²) in [6, 6.07) is 2.32. The number of nitrogens with two attached hydrogens (primary N) is 1. The van der Waals surface area contributed by atoms with Gasteiger partial charge in [-0.05, 0) is 32.4 Å². The van der Waals surface area contributed by atoms with Crippen molar-refractivity contribution in [3.8, 4) is 22.9 Å². The Labute approximate surface area is 185 Å². The van der Waals surface area contributed by atoms with E-state index < -0.39 is 0 Å². The number of rotatable bonds is 6. The van der Waals surface area contributed by atoms with Gasteiger partial charge in [0.15, 0.2) is 11.6 Å². The predicted octanol–water partition coefficient (Wildman–Crippen LogP) is 2.90. The summed E-state index contributed by atoms with van der Waals surface area (Å²) in [5.41, 5.74) is 11.3. The number of hydrogen-bond acceptors (Lipinski definition) is 6. The molecule has 32 heavy (non-hydrogen) atoms. The third kappa shape index (κ3) is 3.24. The van der Waals surface area contributed by atoms with Crippen LogP contribution < -0.4 is 5.73 Å². The normalized spacial score (nSPS) is 11.8. The fourth-order valence-electron chi connectivity index (χ4n) is 4.09. The monoisotopic (exact) mass is 430 g/mol. The Morgan fingerprint density at radius 2 is 1.94 bits per heavy atom. The summed E-state index contributed by atoms with van der Waals surface area (Å²) in [6.07, 6.45) is 11.9. The van der Waals surface area contributed by atoms with Gasteiger partial charge in [-0.3, -0.25) is 4.68 Å². The number of aromatic nitrogens is 9. The maximum Gasteiger partial charge on any atom is 0.218 e. The molecule has 10 heteroatoms. The van der Waals surface area contributed by atoms with Gasteiger partial charge >= 0.3 is 0 Å². The van der Waals surface area contributed by atoms with Gasteiger partial charge in [0.1, 0.15) is 5.52 Å². The Morgan fingerprint density at radius 3 is 2.59 bits per heavy atom. The van der Waals surface area contributed by atoms with Gasteiger partial charge in [0.05, 0.1) is 17.7 Å². The zero-order valence-electron chi connectivity index (χ0n) is 18.6. The van der Waals surface area contributed by atoms with Gasteiger partial charge < -0.3 is 14.9 Å². The van der Waals surface area contributed by atoms with Crippen molar-refractivity contribution in [1.29, 1.82) is 0 Å². The Kier molecular flexibility index (Phi) is 4.76. The van der Waals surface area contributed by atoms with Gasteiger partial charge in [0, 0.05) is 62.6 Å². The van der Waals surface area contributed by atoms with Gasteiger partial charge in [0.2, 0.25) is 5.82 Å². The van der Waals surface area contributed by atoms with Crippen molar-refractivity contribution in [2.24, 2.45) is 7.05 Å². The summed E-state index contributed by atoms with van der Waals surface area (Å²) in [5, 5.41) is 9.71. The van der Waals surface area contributed by atoms with Crippen LogP contribution in [0.25, 0.3) is 28.4 Å². The number of hydrogen-bond donors (Lipinski definition) is 1. The lowest BCUT2D eigenvalue weighted by atomic mass is 10.1. The van der Waals surface area contributed by atoms with E-state index in [2.05, 4.69) is 40.3 Å². The number of aryl methyl sites for hydroxylation is 4. The fourth-order valence-corrected chi connectivity index (χ4v) is 4.09. The Balaban J connectivity index is 1.73. The molecule has 0 radical (unpaired) electrons. The van der Waals surface area contributed by atoms with E-state index in [1.54, 1.807) is 12.4 Å². The molecule has 5 heterocycles. The molecule has 0 aliphatic carbocycles. The van der Waals surface area contributed by atoms with Gasteiger partial charge in [-0.15, -0.1) is 5.10 Å². The summed E-state index contributed by atoms with van der Waals surface area (Å²) in [4.78, 5) is 13.1. The topological polar surface area (TPSA) is 110 Å². The lowest BCUT2D eigenvalue weighted by Gasteiger charge is -2.09. The van der Waals surface area contributed by atoms with Crippen LogP contribution in [0.2, 0.25) is 0 Å². The molecule has 0 bridgehead atoms. The van der Waals surface area contributed by atoms with Crippen molar-refractivity contribution in [3.05, 3.63) is 54.6 Å². The van der Waals surface area contributed by atoms with E-state index >= 15 is 0 Å². The zero-order valence-corrected chi connectivity index (χ0v) is 18.6. The maximum absolute atomic E-state index is 6.47. The molecule has 0 amide bonds. The van der Waals surface area contributed by atoms with Crippen molar-refractivity contribution in [2.75, 3.05) is 5.73 Å². The summed E-state index contributed by atoms with van der Waals surface area (Å²) < 4.78 is 7.82. The molecule has 5 aromatic rings. The van der Waals surface area contributed by atoms with E-state index in [-0.39, 0.29) is 6.04 Å². The second-order valence-electron chi connectivity index (χ2n) is 8.21. The molecule has 10 nitrogen and oxygen atoms in total. The van der Waals surface area contributed by atoms with Gasteiger partial charge in [-0.1, -0.05) is 0 Å². The predicted molar refractivity (Wildman–Crippen MR) is 122 cm³/mol. The first kappa shape index (κ1) is 20.0. The molecule has 0 saturated heterocycles. The number of nitrogen functional groups attached to an aromatic ring is 1. The van der Waals surface area contributed by atoms with Crippen molar-refractivity contribution < 1.29 is 0 Å². The molecule has 164 valence electrons.